The summed E-state index contributed by atoms with van der Waals surface area (Å²) in [7, 11) is 0. The van der Waals surface area contributed by atoms with Crippen LogP contribution in [0.5, 0.6) is 11.5 Å². The zero-order valence-corrected chi connectivity index (χ0v) is 10.6. The number of aliphatic hydroxyl groups excluding tert-OH is 1. The molecule has 0 aliphatic heterocycles. The Balaban J connectivity index is 2.25. The molecule has 2 aromatic rings. The molecule has 0 radical (unpaired) electrons. The highest BCUT2D eigenvalue weighted by molar-refractivity contribution is 5.37. The number of hydrogen-bond donors (Lipinski definition) is 1. The van der Waals surface area contributed by atoms with Gasteiger partial charge < -0.3 is 9.84 Å². The molecule has 1 N–H and O–H groups in total. The molecule has 0 fully saturated rings. The molecule has 0 aliphatic rings. The van der Waals surface area contributed by atoms with Gasteiger partial charge in [-0.05, 0) is 35.9 Å². The molecule has 0 heterocycles. The van der Waals surface area contributed by atoms with Crippen molar-refractivity contribution in [1.82, 2.24) is 0 Å². The maximum Gasteiger partial charge on any atom is 0.416 e. The van der Waals surface area contributed by atoms with Crippen LogP contribution in [0.4, 0.5) is 13.2 Å². The molecule has 0 saturated carbocycles. The molecular weight excluding hydrogens is 283 g/mol. The molecule has 3 nitrogen and oxygen atoms in total. The molecule has 6 heteroatoms. The van der Waals surface area contributed by atoms with Crippen LogP contribution in [0.1, 0.15) is 17.2 Å². The minimum atomic E-state index is -4.45. The van der Waals surface area contributed by atoms with Crippen molar-refractivity contribution in [3.8, 4) is 17.6 Å². The molecular formula is C15H10F3NO2. The Hall–Kier alpha value is -2.52. The minimum Gasteiger partial charge on any atom is -0.457 e. The number of alkyl halides is 3. The Labute approximate surface area is 118 Å². The molecule has 0 amide bonds. The van der Waals surface area contributed by atoms with Crippen LogP contribution in [0, 0.1) is 11.3 Å². The van der Waals surface area contributed by atoms with E-state index in [0.717, 1.165) is 12.1 Å². The van der Waals surface area contributed by atoms with Crippen molar-refractivity contribution < 1.29 is 23.0 Å². The second-order valence-corrected chi connectivity index (χ2v) is 4.23. The Bertz CT molecular complexity index is 677. The molecule has 1 atom stereocenters. The summed E-state index contributed by atoms with van der Waals surface area (Å²) in [5, 5.41) is 18.0. The maximum absolute atomic E-state index is 12.6. The third-order valence-electron chi connectivity index (χ3n) is 2.69. The lowest BCUT2D eigenvalue weighted by atomic mass is 10.1. The predicted octanol–water partition coefficient (Wildman–Crippen LogP) is 4.05. The first-order chi connectivity index (χ1) is 9.90. The monoisotopic (exact) mass is 293 g/mol. The molecule has 0 spiro atoms. The predicted molar refractivity (Wildman–Crippen MR) is 68.5 cm³/mol. The number of hydrogen-bond acceptors (Lipinski definition) is 3. The number of aliphatic hydroxyl groups is 1. The van der Waals surface area contributed by atoms with Gasteiger partial charge in [-0.3, -0.25) is 0 Å². The number of nitriles is 1. The summed E-state index contributed by atoms with van der Waals surface area (Å²) in [6.45, 7) is 0. The third kappa shape index (κ3) is 3.74. The van der Waals surface area contributed by atoms with E-state index in [2.05, 4.69) is 0 Å². The molecule has 0 bridgehead atoms. The Kier molecular flexibility index (Phi) is 4.15. The zero-order valence-electron chi connectivity index (χ0n) is 10.6. The van der Waals surface area contributed by atoms with Gasteiger partial charge in [0.2, 0.25) is 0 Å². The van der Waals surface area contributed by atoms with Crippen molar-refractivity contribution in [2.24, 2.45) is 0 Å². The second-order valence-electron chi connectivity index (χ2n) is 4.23. The van der Waals surface area contributed by atoms with E-state index in [0.29, 0.717) is 5.56 Å². The van der Waals surface area contributed by atoms with Gasteiger partial charge in [0.1, 0.15) is 11.5 Å². The smallest absolute Gasteiger partial charge is 0.416 e. The third-order valence-corrected chi connectivity index (χ3v) is 2.69. The fraction of sp³-hybridized carbons (Fsp3) is 0.133. The average molecular weight is 293 g/mol. The standard InChI is InChI=1S/C15H10F3NO2/c16-15(17,18)11-4-2-6-13(8-11)21-12-5-1-3-10(7-12)14(20)9-19/h1-8,14,20H. The molecule has 2 aromatic carbocycles. The summed E-state index contributed by atoms with van der Waals surface area (Å²) in [6.07, 6.45) is -5.76. The van der Waals surface area contributed by atoms with Gasteiger partial charge in [-0.1, -0.05) is 18.2 Å². The number of rotatable bonds is 3. The first-order valence-electron chi connectivity index (χ1n) is 5.93. The van der Waals surface area contributed by atoms with Gasteiger partial charge in [-0.25, -0.2) is 0 Å². The van der Waals surface area contributed by atoms with Gasteiger partial charge in [-0.15, -0.1) is 0 Å². The molecule has 0 saturated heterocycles. The Morgan fingerprint density at radius 2 is 1.67 bits per heavy atom. The van der Waals surface area contributed by atoms with Gasteiger partial charge in [0.25, 0.3) is 0 Å². The van der Waals surface area contributed by atoms with Crippen LogP contribution >= 0.6 is 0 Å². The van der Waals surface area contributed by atoms with E-state index < -0.39 is 17.8 Å². The van der Waals surface area contributed by atoms with Crippen LogP contribution in [0.25, 0.3) is 0 Å². The molecule has 1 unspecified atom stereocenters. The molecule has 108 valence electrons. The number of ether oxygens (including phenoxy) is 1. The first-order valence-corrected chi connectivity index (χ1v) is 5.93. The van der Waals surface area contributed by atoms with Gasteiger partial charge in [0, 0.05) is 0 Å². The van der Waals surface area contributed by atoms with Gasteiger partial charge in [-0.2, -0.15) is 18.4 Å². The maximum atomic E-state index is 12.6. The van der Waals surface area contributed by atoms with Crippen LogP contribution in [-0.2, 0) is 6.18 Å². The summed E-state index contributed by atoms with van der Waals surface area (Å²) < 4.78 is 43.1. The first kappa shape index (κ1) is 14.9. The summed E-state index contributed by atoms with van der Waals surface area (Å²) in [6, 6.07) is 12.1. The molecule has 0 aromatic heterocycles. The SMILES string of the molecule is N#CC(O)c1cccc(Oc2cccc(C(F)(F)F)c2)c1. The second kappa shape index (κ2) is 5.85. The highest BCUT2D eigenvalue weighted by atomic mass is 19.4. The molecule has 21 heavy (non-hydrogen) atoms. The van der Waals surface area contributed by atoms with Crippen LogP contribution in [0.15, 0.2) is 48.5 Å². The van der Waals surface area contributed by atoms with E-state index in [1.807, 2.05) is 0 Å². The van der Waals surface area contributed by atoms with Crippen molar-refractivity contribution in [1.29, 1.82) is 5.26 Å². The quantitative estimate of drug-likeness (QED) is 0.868. The van der Waals surface area contributed by atoms with Crippen molar-refractivity contribution in [2.45, 2.75) is 12.3 Å². The van der Waals surface area contributed by atoms with E-state index in [1.54, 1.807) is 12.1 Å². The number of halogens is 3. The Morgan fingerprint density at radius 1 is 1.05 bits per heavy atom. The van der Waals surface area contributed by atoms with Gasteiger partial charge in [0.15, 0.2) is 6.10 Å². The highest BCUT2D eigenvalue weighted by Gasteiger charge is 2.30. The van der Waals surface area contributed by atoms with E-state index >= 15 is 0 Å². The summed E-state index contributed by atoms with van der Waals surface area (Å²) >= 11 is 0. The lowest BCUT2D eigenvalue weighted by molar-refractivity contribution is -0.137. The zero-order chi connectivity index (χ0) is 15.5. The summed E-state index contributed by atoms with van der Waals surface area (Å²) in [5.41, 5.74) is -0.504. The number of nitrogens with zero attached hydrogens (tertiary/aromatic N) is 1. The van der Waals surface area contributed by atoms with Crippen LogP contribution in [0.2, 0.25) is 0 Å². The van der Waals surface area contributed by atoms with Crippen molar-refractivity contribution in [2.75, 3.05) is 0 Å². The van der Waals surface area contributed by atoms with Crippen molar-refractivity contribution >= 4 is 0 Å². The van der Waals surface area contributed by atoms with Gasteiger partial charge in [0.05, 0.1) is 11.6 Å². The molecule has 2 rings (SSSR count). The van der Waals surface area contributed by atoms with E-state index in [9.17, 15) is 18.3 Å². The fourth-order valence-electron chi connectivity index (χ4n) is 1.69. The average Bonchev–Trinajstić information content (AvgIpc) is 2.46. The van der Waals surface area contributed by atoms with Crippen LogP contribution in [-0.4, -0.2) is 5.11 Å². The summed E-state index contributed by atoms with van der Waals surface area (Å²) in [5.74, 6) is 0.259. The molecule has 0 aliphatic carbocycles. The fourth-order valence-corrected chi connectivity index (χ4v) is 1.69. The van der Waals surface area contributed by atoms with Crippen molar-refractivity contribution in [3.05, 3.63) is 59.7 Å². The highest BCUT2D eigenvalue weighted by Crippen LogP contribution is 2.33. The topological polar surface area (TPSA) is 53.2 Å². The lowest BCUT2D eigenvalue weighted by Gasteiger charge is -2.11. The van der Waals surface area contributed by atoms with Crippen LogP contribution < -0.4 is 4.74 Å². The minimum absolute atomic E-state index is 0.0217. The van der Waals surface area contributed by atoms with E-state index in [4.69, 9.17) is 10.00 Å². The Morgan fingerprint density at radius 3 is 2.29 bits per heavy atom. The van der Waals surface area contributed by atoms with Crippen LogP contribution in [0.3, 0.4) is 0 Å². The normalized spacial score (nSPS) is 12.5. The lowest BCUT2D eigenvalue weighted by Crippen LogP contribution is -2.04. The van der Waals surface area contributed by atoms with E-state index in [1.165, 1.54) is 30.3 Å². The van der Waals surface area contributed by atoms with Crippen molar-refractivity contribution in [3.63, 3.8) is 0 Å². The largest absolute Gasteiger partial charge is 0.457 e. The van der Waals surface area contributed by atoms with Gasteiger partial charge >= 0.3 is 6.18 Å². The van der Waals surface area contributed by atoms with E-state index in [-0.39, 0.29) is 11.5 Å². The number of benzene rings is 2. The summed E-state index contributed by atoms with van der Waals surface area (Å²) in [4.78, 5) is 0.